The molecule has 2 aromatic rings. The number of ether oxygens (including phenoxy) is 2. The van der Waals surface area contributed by atoms with Gasteiger partial charge in [-0.05, 0) is 24.3 Å². The molecule has 0 saturated heterocycles. The second-order valence-electron chi connectivity index (χ2n) is 4.12. The molecule has 0 aliphatic heterocycles. The molecule has 0 N–H and O–H groups in total. The number of benzene rings is 2. The number of carbonyl (C=O) groups is 2. The lowest BCUT2D eigenvalue weighted by Crippen LogP contribution is -2.03. The number of hydrogen-bond donors (Lipinski definition) is 0. The molecular weight excluding hydrogens is 294 g/mol. The van der Waals surface area contributed by atoms with Gasteiger partial charge in [-0.1, -0.05) is 6.58 Å². The third-order valence-electron chi connectivity index (χ3n) is 2.74. The highest BCUT2D eigenvalue weighted by atomic mass is 19.1. The van der Waals surface area contributed by atoms with E-state index in [9.17, 15) is 18.4 Å². The van der Waals surface area contributed by atoms with Gasteiger partial charge in [-0.15, -0.1) is 0 Å². The highest BCUT2D eigenvalue weighted by Crippen LogP contribution is 2.30. The molecule has 0 aliphatic rings. The van der Waals surface area contributed by atoms with Crippen molar-refractivity contribution in [2.24, 2.45) is 0 Å². The predicted molar refractivity (Wildman–Crippen MR) is 74.3 cm³/mol. The summed E-state index contributed by atoms with van der Waals surface area (Å²) in [5.41, 5.74) is -0.0362. The van der Waals surface area contributed by atoms with Gasteiger partial charge in [0, 0.05) is 29.3 Å². The summed E-state index contributed by atoms with van der Waals surface area (Å²) in [6.07, 6.45) is 0.942. The minimum absolute atomic E-state index is 0.00758. The van der Waals surface area contributed by atoms with E-state index in [1.165, 1.54) is 24.3 Å². The SMILES string of the molecule is C=CC(=O)Oc1ccc(-c2ccc(OC=O)cc2F)c(F)c1. The molecule has 22 heavy (non-hydrogen) atoms. The van der Waals surface area contributed by atoms with Gasteiger partial charge in [-0.25, -0.2) is 13.6 Å². The number of halogens is 2. The third-order valence-corrected chi connectivity index (χ3v) is 2.74. The molecule has 0 heterocycles. The molecule has 0 saturated carbocycles. The Kier molecular flexibility index (Phi) is 4.63. The Morgan fingerprint density at radius 2 is 1.55 bits per heavy atom. The van der Waals surface area contributed by atoms with Crippen LogP contribution in [0.1, 0.15) is 0 Å². The van der Waals surface area contributed by atoms with Crippen molar-refractivity contribution in [2.45, 2.75) is 0 Å². The zero-order valence-corrected chi connectivity index (χ0v) is 11.2. The Morgan fingerprint density at radius 1 is 1.00 bits per heavy atom. The molecule has 112 valence electrons. The molecule has 4 nitrogen and oxygen atoms in total. The van der Waals surface area contributed by atoms with Gasteiger partial charge in [0.05, 0.1) is 0 Å². The van der Waals surface area contributed by atoms with E-state index < -0.39 is 17.6 Å². The summed E-state index contributed by atoms with van der Waals surface area (Å²) < 4.78 is 37.3. The lowest BCUT2D eigenvalue weighted by molar-refractivity contribution is -0.129. The van der Waals surface area contributed by atoms with E-state index in [1.54, 1.807) is 0 Å². The number of carbonyl (C=O) groups excluding carboxylic acids is 2. The van der Waals surface area contributed by atoms with Crippen LogP contribution in [0.5, 0.6) is 11.5 Å². The van der Waals surface area contributed by atoms with E-state index >= 15 is 0 Å². The maximum atomic E-state index is 14.0. The Balaban J connectivity index is 2.35. The second kappa shape index (κ2) is 6.62. The van der Waals surface area contributed by atoms with E-state index in [0.717, 1.165) is 18.2 Å². The average Bonchev–Trinajstić information content (AvgIpc) is 2.49. The largest absolute Gasteiger partial charge is 0.429 e. The Labute approximate surface area is 124 Å². The predicted octanol–water partition coefficient (Wildman–Crippen LogP) is 3.26. The standard InChI is InChI=1S/C16H10F2O4/c1-2-16(20)22-11-4-6-13(15(18)8-11)12-5-3-10(21-9-19)7-14(12)17/h2-9H,1H2. The van der Waals surface area contributed by atoms with Crippen molar-refractivity contribution in [3.8, 4) is 22.6 Å². The van der Waals surface area contributed by atoms with E-state index in [2.05, 4.69) is 11.3 Å². The van der Waals surface area contributed by atoms with Crippen LogP contribution >= 0.6 is 0 Å². The first-order valence-corrected chi connectivity index (χ1v) is 6.09. The maximum absolute atomic E-state index is 14.0. The Hall–Kier alpha value is -3.02. The van der Waals surface area contributed by atoms with Gasteiger partial charge in [-0.3, -0.25) is 4.79 Å². The molecule has 6 heteroatoms. The molecule has 0 amide bonds. The van der Waals surface area contributed by atoms with Crippen LogP contribution in [0.25, 0.3) is 11.1 Å². The van der Waals surface area contributed by atoms with Gasteiger partial charge in [0.25, 0.3) is 6.47 Å². The van der Waals surface area contributed by atoms with Crippen molar-refractivity contribution in [1.82, 2.24) is 0 Å². The smallest absolute Gasteiger partial charge is 0.335 e. The summed E-state index contributed by atoms with van der Waals surface area (Å²) in [6, 6.07) is 7.15. The second-order valence-corrected chi connectivity index (χ2v) is 4.12. The number of rotatable bonds is 5. The normalized spacial score (nSPS) is 9.91. The zero-order chi connectivity index (χ0) is 16.1. The molecule has 2 rings (SSSR count). The quantitative estimate of drug-likeness (QED) is 0.368. The van der Waals surface area contributed by atoms with Crippen LogP contribution in [0.2, 0.25) is 0 Å². The molecule has 0 bridgehead atoms. The minimum Gasteiger partial charge on any atom is -0.429 e. The van der Waals surface area contributed by atoms with E-state index in [1.807, 2.05) is 0 Å². The summed E-state index contributed by atoms with van der Waals surface area (Å²) in [5.74, 6) is -2.26. The van der Waals surface area contributed by atoms with Crippen molar-refractivity contribution in [3.05, 3.63) is 60.7 Å². The monoisotopic (exact) mass is 304 g/mol. The van der Waals surface area contributed by atoms with Crippen LogP contribution in [0.3, 0.4) is 0 Å². The summed E-state index contributed by atoms with van der Waals surface area (Å²) in [4.78, 5) is 21.2. The first kappa shape index (κ1) is 15.4. The fourth-order valence-corrected chi connectivity index (χ4v) is 1.78. The molecule has 0 aliphatic carbocycles. The molecule has 0 radical (unpaired) electrons. The van der Waals surface area contributed by atoms with Gasteiger partial charge >= 0.3 is 5.97 Å². The van der Waals surface area contributed by atoms with Gasteiger partial charge in [0.1, 0.15) is 23.1 Å². The molecular formula is C16H10F2O4. The summed E-state index contributed by atoms with van der Waals surface area (Å²) >= 11 is 0. The summed E-state index contributed by atoms with van der Waals surface area (Å²) in [7, 11) is 0. The van der Waals surface area contributed by atoms with Crippen LogP contribution < -0.4 is 9.47 Å². The first-order chi connectivity index (χ1) is 10.5. The minimum atomic E-state index is -0.766. The van der Waals surface area contributed by atoms with Crippen LogP contribution in [-0.2, 0) is 9.59 Å². The summed E-state index contributed by atoms with van der Waals surface area (Å²) in [5, 5.41) is 0. The van der Waals surface area contributed by atoms with Crippen LogP contribution in [0.15, 0.2) is 49.1 Å². The highest BCUT2D eigenvalue weighted by Gasteiger charge is 2.13. The molecule has 2 aromatic carbocycles. The number of hydrogen-bond acceptors (Lipinski definition) is 4. The lowest BCUT2D eigenvalue weighted by atomic mass is 10.0. The van der Waals surface area contributed by atoms with Crippen molar-refractivity contribution in [1.29, 1.82) is 0 Å². The topological polar surface area (TPSA) is 52.6 Å². The van der Waals surface area contributed by atoms with E-state index in [-0.39, 0.29) is 29.1 Å². The van der Waals surface area contributed by atoms with E-state index in [4.69, 9.17) is 4.74 Å². The molecule has 0 spiro atoms. The van der Waals surface area contributed by atoms with Crippen molar-refractivity contribution < 1.29 is 27.8 Å². The van der Waals surface area contributed by atoms with Crippen LogP contribution in [0.4, 0.5) is 8.78 Å². The lowest BCUT2D eigenvalue weighted by Gasteiger charge is -2.08. The Morgan fingerprint density at radius 3 is 2.05 bits per heavy atom. The van der Waals surface area contributed by atoms with Gasteiger partial charge in [0.15, 0.2) is 0 Å². The third kappa shape index (κ3) is 3.35. The van der Waals surface area contributed by atoms with Gasteiger partial charge in [-0.2, -0.15) is 0 Å². The van der Waals surface area contributed by atoms with Crippen molar-refractivity contribution >= 4 is 12.4 Å². The maximum Gasteiger partial charge on any atom is 0.335 e. The fraction of sp³-hybridized carbons (Fsp3) is 0. The van der Waals surface area contributed by atoms with Crippen LogP contribution in [-0.4, -0.2) is 12.4 Å². The molecule has 0 unspecified atom stereocenters. The van der Waals surface area contributed by atoms with Gasteiger partial charge in [0.2, 0.25) is 0 Å². The first-order valence-electron chi connectivity index (χ1n) is 6.09. The average molecular weight is 304 g/mol. The van der Waals surface area contributed by atoms with Crippen molar-refractivity contribution in [2.75, 3.05) is 0 Å². The number of esters is 1. The Bertz CT molecular complexity index is 741. The fourth-order valence-electron chi connectivity index (χ4n) is 1.78. The van der Waals surface area contributed by atoms with Gasteiger partial charge < -0.3 is 9.47 Å². The van der Waals surface area contributed by atoms with E-state index in [0.29, 0.717) is 0 Å². The van der Waals surface area contributed by atoms with Crippen molar-refractivity contribution in [3.63, 3.8) is 0 Å². The molecule has 0 aromatic heterocycles. The van der Waals surface area contributed by atoms with Crippen LogP contribution in [0, 0.1) is 11.6 Å². The molecule has 0 fully saturated rings. The molecule has 0 atom stereocenters. The highest BCUT2D eigenvalue weighted by molar-refractivity contribution is 5.83. The summed E-state index contributed by atoms with van der Waals surface area (Å²) in [6.45, 7) is 3.39. The zero-order valence-electron chi connectivity index (χ0n) is 11.2.